The molecule has 0 aromatic heterocycles. The molecule has 0 amide bonds. The SMILES string of the molecule is C/C=C\C1=CC(C)C=CC=C1NC. The van der Waals surface area contributed by atoms with Gasteiger partial charge in [-0.3, -0.25) is 0 Å². The molecular weight excluding hydrogens is 158 g/mol. The predicted octanol–water partition coefficient (Wildman–Crippen LogP) is 2.80. The van der Waals surface area contributed by atoms with E-state index in [9.17, 15) is 0 Å². The fourth-order valence-electron chi connectivity index (χ4n) is 1.40. The summed E-state index contributed by atoms with van der Waals surface area (Å²) in [5.74, 6) is 0.508. The minimum absolute atomic E-state index is 0.508. The molecule has 1 aliphatic carbocycles. The summed E-state index contributed by atoms with van der Waals surface area (Å²) in [5.41, 5.74) is 2.45. The summed E-state index contributed by atoms with van der Waals surface area (Å²) in [6, 6.07) is 0. The fraction of sp³-hybridized carbons (Fsp3) is 0.333. The molecule has 0 saturated heterocycles. The molecule has 0 aromatic rings. The molecule has 1 unspecified atom stereocenters. The van der Waals surface area contributed by atoms with Crippen molar-refractivity contribution >= 4 is 0 Å². The minimum atomic E-state index is 0.508. The van der Waals surface area contributed by atoms with Crippen LogP contribution in [0.3, 0.4) is 0 Å². The Morgan fingerprint density at radius 2 is 2.23 bits per heavy atom. The Morgan fingerprint density at radius 1 is 1.46 bits per heavy atom. The second-order valence-electron chi connectivity index (χ2n) is 3.20. The van der Waals surface area contributed by atoms with Gasteiger partial charge in [-0.05, 0) is 24.5 Å². The van der Waals surface area contributed by atoms with Gasteiger partial charge < -0.3 is 5.32 Å². The summed E-state index contributed by atoms with van der Waals surface area (Å²) < 4.78 is 0. The van der Waals surface area contributed by atoms with Gasteiger partial charge in [-0.2, -0.15) is 0 Å². The zero-order valence-electron chi connectivity index (χ0n) is 8.54. The van der Waals surface area contributed by atoms with E-state index >= 15 is 0 Å². The van der Waals surface area contributed by atoms with Crippen molar-refractivity contribution in [1.82, 2.24) is 5.32 Å². The average Bonchev–Trinajstić information content (AvgIpc) is 2.28. The molecule has 0 fully saturated rings. The molecule has 1 atom stereocenters. The molecule has 0 radical (unpaired) electrons. The van der Waals surface area contributed by atoms with Crippen LogP contribution in [0, 0.1) is 5.92 Å². The molecule has 0 heterocycles. The Morgan fingerprint density at radius 3 is 2.85 bits per heavy atom. The Bertz CT molecular complexity index is 279. The Kier molecular flexibility index (Phi) is 3.56. The van der Waals surface area contributed by atoms with Crippen LogP contribution in [0.5, 0.6) is 0 Å². The van der Waals surface area contributed by atoms with Crippen molar-refractivity contribution in [3.63, 3.8) is 0 Å². The summed E-state index contributed by atoms with van der Waals surface area (Å²) >= 11 is 0. The smallest absolute Gasteiger partial charge is 0.0407 e. The van der Waals surface area contributed by atoms with E-state index in [1.54, 1.807) is 0 Å². The third-order valence-corrected chi connectivity index (χ3v) is 2.05. The van der Waals surface area contributed by atoms with Gasteiger partial charge in [0.2, 0.25) is 0 Å². The maximum atomic E-state index is 3.19. The number of rotatable bonds is 2. The summed E-state index contributed by atoms with van der Waals surface area (Å²) in [7, 11) is 1.95. The summed E-state index contributed by atoms with van der Waals surface area (Å²) in [5, 5.41) is 3.19. The quantitative estimate of drug-likeness (QED) is 0.680. The molecule has 1 N–H and O–H groups in total. The standard InChI is InChI=1S/C12H17N/c1-4-6-11-9-10(2)7-5-8-12(11)13-3/h4-10,13H,1-3H3/b6-4-. The molecule has 1 rings (SSSR count). The maximum Gasteiger partial charge on any atom is 0.0407 e. The van der Waals surface area contributed by atoms with Gasteiger partial charge in [-0.1, -0.05) is 37.3 Å². The highest BCUT2D eigenvalue weighted by atomic mass is 14.8. The molecule has 0 saturated carbocycles. The normalized spacial score (nSPS) is 22.5. The van der Waals surface area contributed by atoms with E-state index in [0.29, 0.717) is 5.92 Å². The zero-order valence-corrected chi connectivity index (χ0v) is 8.54. The van der Waals surface area contributed by atoms with Crippen LogP contribution in [-0.4, -0.2) is 7.05 Å². The lowest BCUT2D eigenvalue weighted by molar-refractivity contribution is 0.927. The molecular formula is C12H17N. The van der Waals surface area contributed by atoms with Crippen LogP contribution in [0.1, 0.15) is 13.8 Å². The first-order valence-electron chi connectivity index (χ1n) is 4.69. The van der Waals surface area contributed by atoms with Gasteiger partial charge in [0, 0.05) is 12.7 Å². The van der Waals surface area contributed by atoms with Gasteiger partial charge in [-0.25, -0.2) is 0 Å². The van der Waals surface area contributed by atoms with Crippen molar-refractivity contribution in [1.29, 1.82) is 0 Å². The fourth-order valence-corrected chi connectivity index (χ4v) is 1.40. The maximum absolute atomic E-state index is 3.19. The summed E-state index contributed by atoms with van der Waals surface area (Å²) in [6.07, 6.45) is 12.8. The lowest BCUT2D eigenvalue weighted by Gasteiger charge is -2.07. The van der Waals surface area contributed by atoms with Gasteiger partial charge in [0.25, 0.3) is 0 Å². The van der Waals surface area contributed by atoms with E-state index in [1.807, 2.05) is 14.0 Å². The van der Waals surface area contributed by atoms with Crippen LogP contribution in [0.2, 0.25) is 0 Å². The van der Waals surface area contributed by atoms with Gasteiger partial charge in [0.05, 0.1) is 0 Å². The van der Waals surface area contributed by atoms with Crippen molar-refractivity contribution in [2.75, 3.05) is 7.05 Å². The van der Waals surface area contributed by atoms with Gasteiger partial charge in [0.15, 0.2) is 0 Å². The highest BCUT2D eigenvalue weighted by Gasteiger charge is 2.03. The van der Waals surface area contributed by atoms with Gasteiger partial charge in [-0.15, -0.1) is 0 Å². The van der Waals surface area contributed by atoms with Crippen molar-refractivity contribution in [2.45, 2.75) is 13.8 Å². The first-order valence-corrected chi connectivity index (χ1v) is 4.69. The second-order valence-corrected chi connectivity index (χ2v) is 3.20. The zero-order chi connectivity index (χ0) is 9.68. The van der Waals surface area contributed by atoms with Crippen molar-refractivity contribution in [3.8, 4) is 0 Å². The van der Waals surface area contributed by atoms with Crippen LogP contribution in [-0.2, 0) is 0 Å². The van der Waals surface area contributed by atoms with Crippen molar-refractivity contribution in [3.05, 3.63) is 47.7 Å². The molecule has 13 heavy (non-hydrogen) atoms. The van der Waals surface area contributed by atoms with Crippen LogP contribution in [0.25, 0.3) is 0 Å². The van der Waals surface area contributed by atoms with Crippen molar-refractivity contribution < 1.29 is 0 Å². The Balaban J connectivity index is 2.98. The number of likely N-dealkylation sites (N-methyl/N-ethyl adjacent to an activating group) is 1. The topological polar surface area (TPSA) is 12.0 Å². The average molecular weight is 175 g/mol. The van der Waals surface area contributed by atoms with Crippen LogP contribution in [0.15, 0.2) is 47.7 Å². The third kappa shape index (κ3) is 2.62. The molecule has 1 heteroatoms. The number of nitrogens with one attached hydrogen (secondary N) is 1. The molecule has 1 nitrogen and oxygen atoms in total. The van der Waals surface area contributed by atoms with Gasteiger partial charge >= 0.3 is 0 Å². The monoisotopic (exact) mass is 175 g/mol. The first-order chi connectivity index (χ1) is 6.27. The number of hydrogen-bond acceptors (Lipinski definition) is 1. The van der Waals surface area contributed by atoms with Crippen molar-refractivity contribution in [2.24, 2.45) is 5.92 Å². The third-order valence-electron chi connectivity index (χ3n) is 2.05. The van der Waals surface area contributed by atoms with Crippen LogP contribution >= 0.6 is 0 Å². The van der Waals surface area contributed by atoms with E-state index in [2.05, 4.69) is 48.7 Å². The molecule has 0 aromatic carbocycles. The van der Waals surface area contributed by atoms with E-state index in [1.165, 1.54) is 11.3 Å². The number of hydrogen-bond donors (Lipinski definition) is 1. The minimum Gasteiger partial charge on any atom is -0.388 e. The molecule has 0 bridgehead atoms. The lowest BCUT2D eigenvalue weighted by Crippen LogP contribution is -2.07. The largest absolute Gasteiger partial charge is 0.388 e. The number of allylic oxidation sites excluding steroid dienone is 6. The molecule has 0 aliphatic heterocycles. The molecule has 1 aliphatic rings. The van der Waals surface area contributed by atoms with E-state index < -0.39 is 0 Å². The first kappa shape index (κ1) is 9.85. The predicted molar refractivity (Wildman–Crippen MR) is 58.3 cm³/mol. The van der Waals surface area contributed by atoms with Crippen LogP contribution in [0.4, 0.5) is 0 Å². The highest BCUT2D eigenvalue weighted by Crippen LogP contribution is 2.16. The van der Waals surface area contributed by atoms with E-state index in [-0.39, 0.29) is 0 Å². The Labute approximate surface area is 80.5 Å². The summed E-state index contributed by atoms with van der Waals surface area (Å²) in [6.45, 7) is 4.23. The van der Waals surface area contributed by atoms with E-state index in [4.69, 9.17) is 0 Å². The van der Waals surface area contributed by atoms with E-state index in [0.717, 1.165) is 0 Å². The Hall–Kier alpha value is -1.24. The molecule has 0 spiro atoms. The van der Waals surface area contributed by atoms with Crippen LogP contribution < -0.4 is 5.32 Å². The van der Waals surface area contributed by atoms with Gasteiger partial charge in [0.1, 0.15) is 0 Å². The highest BCUT2D eigenvalue weighted by molar-refractivity contribution is 5.42. The second kappa shape index (κ2) is 4.70. The lowest BCUT2D eigenvalue weighted by atomic mass is 10.1. The summed E-state index contributed by atoms with van der Waals surface area (Å²) in [4.78, 5) is 0. The molecule has 70 valence electrons.